The lowest BCUT2D eigenvalue weighted by molar-refractivity contribution is -0.118. The highest BCUT2D eigenvalue weighted by Gasteiger charge is 2.18. The van der Waals surface area contributed by atoms with E-state index in [1.54, 1.807) is 0 Å². The molecule has 2 aromatic rings. The van der Waals surface area contributed by atoms with Crippen LogP contribution in [0.3, 0.4) is 0 Å². The van der Waals surface area contributed by atoms with Crippen LogP contribution >= 0.6 is 0 Å². The zero-order valence-corrected chi connectivity index (χ0v) is 11.9. The number of amides is 1. The minimum Gasteiger partial charge on any atom is -0.361 e. The fraction of sp³-hybridized carbons (Fsp3) is 0.176. The van der Waals surface area contributed by atoms with Crippen molar-refractivity contribution in [1.82, 2.24) is 5.32 Å². The normalized spacial score (nSPS) is 9.76. The lowest BCUT2D eigenvalue weighted by Crippen LogP contribution is -2.23. The summed E-state index contributed by atoms with van der Waals surface area (Å²) in [5.41, 5.74) is 12.7. The van der Waals surface area contributed by atoms with E-state index in [2.05, 4.69) is 10.1 Å². The Morgan fingerprint density at radius 1 is 1.10 bits per heavy atom. The molecule has 1 N–H and O–H groups in total. The van der Waals surface area contributed by atoms with Crippen LogP contribution in [0.25, 0.3) is 5.53 Å². The van der Waals surface area contributed by atoms with Crippen LogP contribution in [-0.2, 0) is 11.2 Å². The number of benzene rings is 2. The van der Waals surface area contributed by atoms with Crippen molar-refractivity contribution in [2.75, 3.05) is 6.54 Å². The van der Waals surface area contributed by atoms with Crippen molar-refractivity contribution in [1.29, 1.82) is 0 Å². The van der Waals surface area contributed by atoms with Crippen molar-refractivity contribution in [2.45, 2.75) is 13.3 Å². The molecule has 0 aliphatic heterocycles. The Kier molecular flexibility index (Phi) is 5.02. The van der Waals surface area contributed by atoms with E-state index in [0.717, 1.165) is 16.7 Å². The standard InChI is InChI=1S/C17H17N3O/c1-13(21)19-12-11-14-7-5-6-10-16(14)17(20-18)15-8-3-2-4-9-15/h2-10H,11-12H2,1H3,(H,19,21). The minimum absolute atomic E-state index is 0.0495. The van der Waals surface area contributed by atoms with Crippen LogP contribution in [0.2, 0.25) is 0 Å². The first-order valence-electron chi connectivity index (χ1n) is 6.82. The molecule has 0 aliphatic carbocycles. The molecule has 4 nitrogen and oxygen atoms in total. The Morgan fingerprint density at radius 3 is 2.43 bits per heavy atom. The van der Waals surface area contributed by atoms with E-state index in [0.29, 0.717) is 18.7 Å². The van der Waals surface area contributed by atoms with Crippen molar-refractivity contribution in [3.8, 4) is 0 Å². The molecule has 0 spiro atoms. The predicted octanol–water partition coefficient (Wildman–Crippen LogP) is 2.43. The minimum atomic E-state index is -0.0495. The van der Waals surface area contributed by atoms with Crippen LogP contribution in [0.15, 0.2) is 54.6 Å². The summed E-state index contributed by atoms with van der Waals surface area (Å²) in [6.07, 6.45) is 0.682. The molecule has 2 aromatic carbocycles. The third kappa shape index (κ3) is 3.88. The topological polar surface area (TPSA) is 65.5 Å². The molecule has 4 heteroatoms. The van der Waals surface area contributed by atoms with Crippen LogP contribution < -0.4 is 5.32 Å². The molecular weight excluding hydrogens is 262 g/mol. The average molecular weight is 279 g/mol. The Hall–Kier alpha value is -2.71. The molecule has 0 bridgehead atoms. The maximum Gasteiger partial charge on any atom is 0.329 e. The fourth-order valence-corrected chi connectivity index (χ4v) is 2.21. The maximum atomic E-state index is 11.0. The van der Waals surface area contributed by atoms with Gasteiger partial charge in [0.15, 0.2) is 0 Å². The molecule has 0 saturated carbocycles. The summed E-state index contributed by atoms with van der Waals surface area (Å²) >= 11 is 0. The molecule has 0 unspecified atom stereocenters. The molecule has 0 aromatic heterocycles. The van der Waals surface area contributed by atoms with Gasteiger partial charge in [-0.1, -0.05) is 36.4 Å². The molecule has 106 valence electrons. The first kappa shape index (κ1) is 14.7. The molecule has 0 heterocycles. The fourth-order valence-electron chi connectivity index (χ4n) is 2.21. The first-order valence-corrected chi connectivity index (χ1v) is 6.82. The van der Waals surface area contributed by atoms with Gasteiger partial charge in [0.05, 0.1) is 11.1 Å². The molecule has 0 radical (unpaired) electrons. The van der Waals surface area contributed by atoms with Gasteiger partial charge in [0.1, 0.15) is 0 Å². The van der Waals surface area contributed by atoms with E-state index in [-0.39, 0.29) is 5.91 Å². The van der Waals surface area contributed by atoms with Gasteiger partial charge in [0.2, 0.25) is 5.91 Å². The highest BCUT2D eigenvalue weighted by molar-refractivity contribution is 6.10. The van der Waals surface area contributed by atoms with E-state index in [1.165, 1.54) is 6.92 Å². The lowest BCUT2D eigenvalue weighted by atomic mass is 9.96. The summed E-state index contributed by atoms with van der Waals surface area (Å²) in [7, 11) is 0. The maximum absolute atomic E-state index is 11.0. The van der Waals surface area contributed by atoms with Gasteiger partial charge in [-0.25, -0.2) is 0 Å². The quantitative estimate of drug-likeness (QED) is 0.510. The summed E-state index contributed by atoms with van der Waals surface area (Å²) < 4.78 is 0. The number of rotatable bonds is 5. The van der Waals surface area contributed by atoms with Crippen molar-refractivity contribution in [3.05, 3.63) is 76.8 Å². The summed E-state index contributed by atoms with van der Waals surface area (Å²) in [6.45, 7) is 2.05. The van der Waals surface area contributed by atoms with E-state index in [1.807, 2.05) is 54.6 Å². The molecule has 0 aliphatic rings. The monoisotopic (exact) mass is 279 g/mol. The smallest absolute Gasteiger partial charge is 0.329 e. The highest BCUT2D eigenvalue weighted by atomic mass is 16.1. The van der Waals surface area contributed by atoms with E-state index in [9.17, 15) is 10.3 Å². The summed E-state index contributed by atoms with van der Waals surface area (Å²) in [6, 6.07) is 17.3. The van der Waals surface area contributed by atoms with Crippen molar-refractivity contribution in [2.24, 2.45) is 0 Å². The Balaban J connectivity index is 2.30. The third-order valence-corrected chi connectivity index (χ3v) is 3.19. The van der Waals surface area contributed by atoms with Gasteiger partial charge in [0.25, 0.3) is 0 Å². The van der Waals surface area contributed by atoms with E-state index >= 15 is 0 Å². The number of nitrogens with zero attached hydrogens (tertiary/aromatic N) is 2. The number of nitrogens with one attached hydrogen (secondary N) is 1. The zero-order valence-electron chi connectivity index (χ0n) is 11.9. The third-order valence-electron chi connectivity index (χ3n) is 3.19. The van der Waals surface area contributed by atoms with E-state index in [4.69, 9.17) is 0 Å². The summed E-state index contributed by atoms with van der Waals surface area (Å²) in [5, 5.41) is 2.78. The largest absolute Gasteiger partial charge is 0.361 e. The molecule has 2 rings (SSSR count). The van der Waals surface area contributed by atoms with Crippen LogP contribution in [0, 0.1) is 0 Å². The molecule has 0 fully saturated rings. The van der Waals surface area contributed by atoms with Gasteiger partial charge >= 0.3 is 5.71 Å². The van der Waals surface area contributed by atoms with Gasteiger partial charge in [-0.3, -0.25) is 4.79 Å². The molecule has 0 saturated heterocycles. The molecular formula is C17H17N3O. The van der Waals surface area contributed by atoms with Crippen LogP contribution in [-0.4, -0.2) is 23.0 Å². The number of carbonyl (C=O) groups is 1. The van der Waals surface area contributed by atoms with Gasteiger partial charge < -0.3 is 10.8 Å². The second kappa shape index (κ2) is 7.17. The van der Waals surface area contributed by atoms with Gasteiger partial charge in [0, 0.05) is 13.5 Å². The molecule has 21 heavy (non-hydrogen) atoms. The first-order chi connectivity index (χ1) is 10.2. The molecule has 1 amide bonds. The SMILES string of the molecule is CC(=O)NCCc1ccccc1C(=[N+]=[N-])c1ccccc1. The van der Waals surface area contributed by atoms with Crippen molar-refractivity contribution < 1.29 is 9.58 Å². The van der Waals surface area contributed by atoms with Crippen LogP contribution in [0.4, 0.5) is 0 Å². The Labute approximate surface area is 124 Å². The highest BCUT2D eigenvalue weighted by Crippen LogP contribution is 2.14. The predicted molar refractivity (Wildman–Crippen MR) is 82.1 cm³/mol. The second-order valence-electron chi connectivity index (χ2n) is 4.70. The van der Waals surface area contributed by atoms with Crippen molar-refractivity contribution >= 4 is 11.6 Å². The van der Waals surface area contributed by atoms with Gasteiger partial charge in [-0.15, -0.1) is 0 Å². The van der Waals surface area contributed by atoms with Crippen LogP contribution in [0.1, 0.15) is 23.6 Å². The number of hydrogen-bond acceptors (Lipinski definition) is 1. The van der Waals surface area contributed by atoms with E-state index < -0.39 is 0 Å². The second-order valence-corrected chi connectivity index (χ2v) is 4.70. The van der Waals surface area contributed by atoms with Gasteiger partial charge in [-0.05, 0) is 30.2 Å². The summed E-state index contributed by atoms with van der Waals surface area (Å²) in [4.78, 5) is 14.4. The Morgan fingerprint density at radius 2 is 1.76 bits per heavy atom. The van der Waals surface area contributed by atoms with Gasteiger partial charge in [-0.2, -0.15) is 4.79 Å². The lowest BCUT2D eigenvalue weighted by Gasteiger charge is -2.07. The Bertz CT molecular complexity index is 673. The number of hydrogen-bond donors (Lipinski definition) is 1. The molecule has 0 atom stereocenters. The van der Waals surface area contributed by atoms with Crippen molar-refractivity contribution in [3.63, 3.8) is 0 Å². The van der Waals surface area contributed by atoms with Crippen LogP contribution in [0.5, 0.6) is 0 Å². The number of carbonyl (C=O) groups excluding carboxylic acids is 1. The average Bonchev–Trinajstić information content (AvgIpc) is 2.50. The summed E-state index contributed by atoms with van der Waals surface area (Å²) in [5.74, 6) is -0.0495. The zero-order chi connectivity index (χ0) is 15.1.